The van der Waals surface area contributed by atoms with Crippen molar-refractivity contribution in [3.8, 4) is 12.3 Å². The van der Waals surface area contributed by atoms with Crippen LogP contribution in [0.1, 0.15) is 33.1 Å². The average molecular weight is 220 g/mol. The monoisotopic (exact) mass is 220 g/mol. The van der Waals surface area contributed by atoms with E-state index in [1.165, 1.54) is 19.4 Å². The van der Waals surface area contributed by atoms with Crippen LogP contribution in [0.2, 0.25) is 0 Å². The van der Waals surface area contributed by atoms with Crippen molar-refractivity contribution >= 4 is 0 Å². The second-order valence-corrected chi connectivity index (χ2v) is 5.61. The molecule has 1 aliphatic carbocycles. The molecule has 2 fully saturated rings. The molecule has 0 aromatic heterocycles. The lowest BCUT2D eigenvalue weighted by molar-refractivity contribution is 0.0947. The molecule has 1 N–H and O–H groups in total. The summed E-state index contributed by atoms with van der Waals surface area (Å²) in [5.74, 6) is 4.43. The van der Waals surface area contributed by atoms with Gasteiger partial charge in [-0.25, -0.2) is 0 Å². The number of hydrogen-bond donors (Lipinski definition) is 1. The normalized spacial score (nSPS) is 31.6. The molecule has 1 saturated carbocycles. The van der Waals surface area contributed by atoms with Gasteiger partial charge in [0.2, 0.25) is 0 Å². The van der Waals surface area contributed by atoms with Gasteiger partial charge in [-0.3, -0.25) is 4.90 Å². The van der Waals surface area contributed by atoms with E-state index < -0.39 is 0 Å². The fourth-order valence-electron chi connectivity index (χ4n) is 2.79. The van der Waals surface area contributed by atoms with Crippen molar-refractivity contribution in [3.63, 3.8) is 0 Å². The molecule has 16 heavy (non-hydrogen) atoms. The molecule has 1 saturated heterocycles. The largest absolute Gasteiger partial charge is 0.311 e. The molecule has 0 radical (unpaired) electrons. The lowest BCUT2D eigenvalue weighted by atomic mass is 9.97. The van der Waals surface area contributed by atoms with Crippen LogP contribution in [0.5, 0.6) is 0 Å². The zero-order valence-corrected chi connectivity index (χ0v) is 10.6. The van der Waals surface area contributed by atoms with Crippen LogP contribution in [0.3, 0.4) is 0 Å². The van der Waals surface area contributed by atoms with Crippen LogP contribution < -0.4 is 5.32 Å². The average Bonchev–Trinajstić information content (AvgIpc) is 3.09. The first-order valence-electron chi connectivity index (χ1n) is 6.63. The molecule has 90 valence electrons. The van der Waals surface area contributed by atoms with E-state index in [4.69, 9.17) is 6.42 Å². The molecule has 2 unspecified atom stereocenters. The molecule has 2 aliphatic rings. The van der Waals surface area contributed by atoms with Crippen LogP contribution in [0.4, 0.5) is 0 Å². The smallest absolute Gasteiger partial charge is 0.0244 e. The summed E-state index contributed by atoms with van der Waals surface area (Å²) < 4.78 is 0. The highest BCUT2D eigenvalue weighted by Crippen LogP contribution is 2.34. The first-order chi connectivity index (χ1) is 7.72. The minimum absolute atomic E-state index is 0.670. The lowest BCUT2D eigenvalue weighted by Gasteiger charge is -2.42. The van der Waals surface area contributed by atoms with Gasteiger partial charge in [-0.2, -0.15) is 0 Å². The molecule has 2 atom stereocenters. The van der Waals surface area contributed by atoms with Crippen LogP contribution in [0, 0.1) is 24.2 Å². The van der Waals surface area contributed by atoms with Crippen molar-refractivity contribution in [1.82, 2.24) is 10.2 Å². The Morgan fingerprint density at radius 3 is 2.75 bits per heavy atom. The Morgan fingerprint density at radius 1 is 1.44 bits per heavy atom. The van der Waals surface area contributed by atoms with Gasteiger partial charge in [0.1, 0.15) is 0 Å². The van der Waals surface area contributed by atoms with E-state index in [-0.39, 0.29) is 0 Å². The van der Waals surface area contributed by atoms with Gasteiger partial charge >= 0.3 is 0 Å². The molecule has 0 spiro atoms. The van der Waals surface area contributed by atoms with Crippen molar-refractivity contribution in [2.45, 2.75) is 45.2 Å². The molecule has 1 heterocycles. The highest BCUT2D eigenvalue weighted by molar-refractivity contribution is 4.96. The van der Waals surface area contributed by atoms with Crippen molar-refractivity contribution < 1.29 is 0 Å². The molecule has 0 bridgehead atoms. The summed E-state index contributed by atoms with van der Waals surface area (Å²) in [5.41, 5.74) is 0. The lowest BCUT2D eigenvalue weighted by Crippen LogP contribution is -2.59. The van der Waals surface area contributed by atoms with Crippen molar-refractivity contribution in [2.75, 3.05) is 19.6 Å². The molecule has 1 aliphatic heterocycles. The number of hydrogen-bond acceptors (Lipinski definition) is 2. The Labute approximate surface area is 99.8 Å². The Bertz CT molecular complexity index is 262. The Morgan fingerprint density at radius 2 is 2.19 bits per heavy atom. The third-order valence-corrected chi connectivity index (χ3v) is 3.99. The summed E-state index contributed by atoms with van der Waals surface area (Å²) in [6.45, 7) is 8.04. The van der Waals surface area contributed by atoms with E-state index in [1.807, 2.05) is 0 Å². The summed E-state index contributed by atoms with van der Waals surface area (Å²) in [7, 11) is 0. The van der Waals surface area contributed by atoms with Gasteiger partial charge < -0.3 is 5.32 Å². The molecule has 2 rings (SSSR count). The predicted molar refractivity (Wildman–Crippen MR) is 68.2 cm³/mol. The fourth-order valence-corrected chi connectivity index (χ4v) is 2.79. The van der Waals surface area contributed by atoms with Crippen LogP contribution in [0.25, 0.3) is 0 Å². The van der Waals surface area contributed by atoms with Crippen molar-refractivity contribution in [1.29, 1.82) is 0 Å². The van der Waals surface area contributed by atoms with Gasteiger partial charge in [-0.05, 0) is 24.7 Å². The molecule has 2 heteroatoms. The summed E-state index contributed by atoms with van der Waals surface area (Å²) >= 11 is 0. The van der Waals surface area contributed by atoms with E-state index in [0.717, 1.165) is 31.5 Å². The van der Waals surface area contributed by atoms with E-state index in [9.17, 15) is 0 Å². The van der Waals surface area contributed by atoms with E-state index >= 15 is 0 Å². The summed E-state index contributed by atoms with van der Waals surface area (Å²) in [5, 5.41) is 3.73. The Hall–Kier alpha value is -0.520. The molecule has 0 aromatic carbocycles. The second kappa shape index (κ2) is 5.21. The first kappa shape index (κ1) is 12.0. The maximum absolute atomic E-state index is 5.38. The van der Waals surface area contributed by atoms with Gasteiger partial charge in [0.05, 0.1) is 0 Å². The summed E-state index contributed by atoms with van der Waals surface area (Å²) in [6.07, 6.45) is 9.12. The Balaban J connectivity index is 1.91. The molecular weight excluding hydrogens is 196 g/mol. The number of rotatable bonds is 4. The van der Waals surface area contributed by atoms with Crippen LogP contribution >= 0.6 is 0 Å². The third-order valence-electron chi connectivity index (χ3n) is 3.99. The maximum atomic E-state index is 5.38. The number of nitrogens with one attached hydrogen (secondary N) is 1. The highest BCUT2D eigenvalue weighted by atomic mass is 15.2. The number of nitrogens with zero attached hydrogens (tertiary/aromatic N) is 1. The van der Waals surface area contributed by atoms with E-state index in [1.54, 1.807) is 0 Å². The second-order valence-electron chi connectivity index (χ2n) is 5.61. The molecule has 2 nitrogen and oxygen atoms in total. The summed E-state index contributed by atoms with van der Waals surface area (Å²) in [4.78, 5) is 2.62. The van der Waals surface area contributed by atoms with E-state index in [2.05, 4.69) is 30.0 Å². The first-order valence-corrected chi connectivity index (χ1v) is 6.63. The predicted octanol–water partition coefficient (Wildman–Crippen LogP) is 1.72. The van der Waals surface area contributed by atoms with Crippen LogP contribution in [0.15, 0.2) is 0 Å². The zero-order valence-electron chi connectivity index (χ0n) is 10.6. The number of terminal acetylenes is 1. The minimum atomic E-state index is 0.670. The SMILES string of the molecule is C#CCCN1CC(C2CC2)NCC1C(C)C. The van der Waals surface area contributed by atoms with Gasteiger partial charge in [-0.1, -0.05) is 13.8 Å². The van der Waals surface area contributed by atoms with Gasteiger partial charge in [0.15, 0.2) is 0 Å². The minimum Gasteiger partial charge on any atom is -0.311 e. The number of piperazine rings is 1. The molecular formula is C14H24N2. The summed E-state index contributed by atoms with van der Waals surface area (Å²) in [6, 6.07) is 1.40. The zero-order chi connectivity index (χ0) is 11.5. The molecule has 0 aromatic rings. The topological polar surface area (TPSA) is 15.3 Å². The third kappa shape index (κ3) is 2.78. The fraction of sp³-hybridized carbons (Fsp3) is 0.857. The standard InChI is InChI=1S/C14H24N2/c1-4-5-8-16-10-13(12-6-7-12)15-9-14(16)11(2)3/h1,11-15H,5-10H2,2-3H3. The van der Waals surface area contributed by atoms with Gasteiger partial charge in [0.25, 0.3) is 0 Å². The van der Waals surface area contributed by atoms with Crippen molar-refractivity contribution in [3.05, 3.63) is 0 Å². The van der Waals surface area contributed by atoms with Gasteiger partial charge in [0, 0.05) is 38.1 Å². The Kier molecular flexibility index (Phi) is 3.89. The van der Waals surface area contributed by atoms with Gasteiger partial charge in [-0.15, -0.1) is 12.3 Å². The maximum Gasteiger partial charge on any atom is 0.0244 e. The van der Waals surface area contributed by atoms with Crippen LogP contribution in [-0.4, -0.2) is 36.6 Å². The quantitative estimate of drug-likeness (QED) is 0.726. The molecule has 0 amide bonds. The van der Waals surface area contributed by atoms with Crippen molar-refractivity contribution in [2.24, 2.45) is 11.8 Å². The highest BCUT2D eigenvalue weighted by Gasteiger charge is 2.37. The van der Waals surface area contributed by atoms with E-state index in [0.29, 0.717) is 12.0 Å². The van der Waals surface area contributed by atoms with Crippen LogP contribution in [-0.2, 0) is 0 Å².